The second kappa shape index (κ2) is 8.27. The average molecular weight is 393 g/mol. The highest BCUT2D eigenvalue weighted by molar-refractivity contribution is 5.42. The Bertz CT molecular complexity index is 822. The van der Waals surface area contributed by atoms with Crippen molar-refractivity contribution in [1.29, 1.82) is 0 Å². The van der Waals surface area contributed by atoms with E-state index in [9.17, 15) is 0 Å². The van der Waals surface area contributed by atoms with Gasteiger partial charge in [0.15, 0.2) is 0 Å². The first-order valence-corrected chi connectivity index (χ1v) is 11.3. The fraction of sp³-hybridized carbons (Fsp3) is 0.609. The molecule has 1 aromatic heterocycles. The third-order valence-corrected chi connectivity index (χ3v) is 6.74. The molecule has 2 fully saturated rings. The van der Waals surface area contributed by atoms with Crippen LogP contribution in [0.5, 0.6) is 0 Å². The molecule has 2 aliphatic carbocycles. The number of nitrogens with one attached hydrogen (secondary N) is 1. The molecule has 6 nitrogen and oxygen atoms in total. The fourth-order valence-corrected chi connectivity index (χ4v) is 5.17. The van der Waals surface area contributed by atoms with Crippen molar-refractivity contribution in [2.75, 3.05) is 23.3 Å². The number of piperidine rings is 1. The summed E-state index contributed by atoms with van der Waals surface area (Å²) in [7, 11) is 0. The molecule has 6 heteroatoms. The Morgan fingerprint density at radius 1 is 0.897 bits per heavy atom. The Kier molecular flexibility index (Phi) is 5.36. The zero-order valence-corrected chi connectivity index (χ0v) is 17.2. The first-order chi connectivity index (χ1) is 14.2. The first-order valence-electron chi connectivity index (χ1n) is 11.3. The van der Waals surface area contributed by atoms with Crippen molar-refractivity contribution in [3.63, 3.8) is 0 Å². The van der Waals surface area contributed by atoms with Gasteiger partial charge in [0.1, 0.15) is 5.82 Å². The molecule has 5 rings (SSSR count). The molecule has 0 amide bonds. The summed E-state index contributed by atoms with van der Waals surface area (Å²) in [4.78, 5) is 17.0. The molecular weight excluding hydrogens is 360 g/mol. The van der Waals surface area contributed by atoms with Gasteiger partial charge in [0.2, 0.25) is 11.9 Å². The van der Waals surface area contributed by atoms with Crippen LogP contribution >= 0.6 is 0 Å². The molecule has 2 aromatic rings. The van der Waals surface area contributed by atoms with Gasteiger partial charge < -0.3 is 16.0 Å². The zero-order chi connectivity index (χ0) is 19.6. The second-order valence-corrected chi connectivity index (χ2v) is 9.02. The van der Waals surface area contributed by atoms with E-state index >= 15 is 0 Å². The van der Waals surface area contributed by atoms with Crippen LogP contribution in [0.3, 0.4) is 0 Å². The number of anilines is 2. The lowest BCUT2D eigenvalue weighted by Crippen LogP contribution is -2.43. The molecular formula is C23H32N6. The molecule has 0 radical (unpaired) electrons. The van der Waals surface area contributed by atoms with E-state index in [0.29, 0.717) is 12.0 Å². The Labute approximate surface area is 173 Å². The lowest BCUT2D eigenvalue weighted by Gasteiger charge is -2.31. The zero-order valence-electron chi connectivity index (χ0n) is 17.2. The number of hydrogen-bond donors (Lipinski definition) is 2. The van der Waals surface area contributed by atoms with Crippen LogP contribution in [0.15, 0.2) is 24.3 Å². The maximum absolute atomic E-state index is 6.23. The summed E-state index contributed by atoms with van der Waals surface area (Å²) in [6, 6.07) is 9.29. The number of nitrogens with two attached hydrogens (primary N) is 1. The number of benzene rings is 1. The van der Waals surface area contributed by atoms with Crippen molar-refractivity contribution in [1.82, 2.24) is 15.0 Å². The summed E-state index contributed by atoms with van der Waals surface area (Å²) in [5.74, 6) is 3.00. The van der Waals surface area contributed by atoms with Gasteiger partial charge in [0.25, 0.3) is 0 Å². The minimum absolute atomic E-state index is 0.208. The molecule has 1 aromatic carbocycles. The smallest absolute Gasteiger partial charge is 0.230 e. The molecule has 1 atom stereocenters. The van der Waals surface area contributed by atoms with Gasteiger partial charge in [-0.25, -0.2) is 0 Å². The number of aromatic nitrogens is 3. The molecule has 29 heavy (non-hydrogen) atoms. The van der Waals surface area contributed by atoms with E-state index in [4.69, 9.17) is 20.7 Å². The second-order valence-electron chi connectivity index (χ2n) is 9.02. The van der Waals surface area contributed by atoms with Crippen LogP contribution in [0.25, 0.3) is 0 Å². The van der Waals surface area contributed by atoms with Gasteiger partial charge in [-0.2, -0.15) is 15.0 Å². The topological polar surface area (TPSA) is 80.0 Å². The Balaban J connectivity index is 1.40. The molecule has 2 heterocycles. The number of rotatable bonds is 4. The highest BCUT2D eigenvalue weighted by Crippen LogP contribution is 2.32. The summed E-state index contributed by atoms with van der Waals surface area (Å²) in [5.41, 5.74) is 9.11. The summed E-state index contributed by atoms with van der Waals surface area (Å²) in [6.45, 7) is 1.82. The van der Waals surface area contributed by atoms with Gasteiger partial charge in [-0.1, -0.05) is 43.5 Å². The Morgan fingerprint density at radius 3 is 2.38 bits per heavy atom. The minimum Gasteiger partial charge on any atom is -0.351 e. The van der Waals surface area contributed by atoms with Gasteiger partial charge in [-0.15, -0.1) is 0 Å². The van der Waals surface area contributed by atoms with Crippen molar-refractivity contribution in [3.8, 4) is 0 Å². The molecule has 3 aliphatic rings. The van der Waals surface area contributed by atoms with Gasteiger partial charge in [0.05, 0.1) is 0 Å². The van der Waals surface area contributed by atoms with Crippen LogP contribution in [0, 0.1) is 0 Å². The normalized spacial score (nSPS) is 23.2. The van der Waals surface area contributed by atoms with Crippen LogP contribution in [0.2, 0.25) is 0 Å². The molecule has 0 unspecified atom stereocenters. The maximum Gasteiger partial charge on any atom is 0.230 e. The molecule has 1 aliphatic heterocycles. The third kappa shape index (κ3) is 4.22. The van der Waals surface area contributed by atoms with Gasteiger partial charge in [-0.3, -0.25) is 0 Å². The van der Waals surface area contributed by atoms with E-state index in [1.165, 1.54) is 43.2 Å². The van der Waals surface area contributed by atoms with Crippen molar-refractivity contribution in [2.45, 2.75) is 75.8 Å². The van der Waals surface area contributed by atoms with Crippen LogP contribution in [0.1, 0.15) is 67.8 Å². The largest absolute Gasteiger partial charge is 0.351 e. The number of nitrogens with zero attached hydrogens (tertiary/aromatic N) is 4. The summed E-state index contributed by atoms with van der Waals surface area (Å²) < 4.78 is 0. The number of hydrogen-bond acceptors (Lipinski definition) is 6. The van der Waals surface area contributed by atoms with Crippen LogP contribution in [-0.4, -0.2) is 40.1 Å². The molecule has 1 saturated carbocycles. The Hall–Kier alpha value is -2.21. The summed E-state index contributed by atoms with van der Waals surface area (Å²) in [6.07, 6.45) is 10.5. The van der Waals surface area contributed by atoms with Gasteiger partial charge in [0, 0.05) is 31.1 Å². The highest BCUT2D eigenvalue weighted by Gasteiger charge is 2.26. The monoisotopic (exact) mass is 392 g/mol. The van der Waals surface area contributed by atoms with Gasteiger partial charge >= 0.3 is 0 Å². The average Bonchev–Trinajstić information content (AvgIpc) is 3.16. The Morgan fingerprint density at radius 2 is 1.66 bits per heavy atom. The number of fused-ring (bicyclic) bond motifs is 1. The van der Waals surface area contributed by atoms with E-state index in [0.717, 1.165) is 56.5 Å². The predicted octanol–water partition coefficient (Wildman–Crippen LogP) is 3.43. The van der Waals surface area contributed by atoms with Crippen LogP contribution in [-0.2, 0) is 12.8 Å². The fourth-order valence-electron chi connectivity index (χ4n) is 5.17. The predicted molar refractivity (Wildman–Crippen MR) is 116 cm³/mol. The SMILES string of the molecule is N[C@@H]1CCCN(c2nc(NC3Cc4ccccc4C3)nc(C3CCCCC3)n2)C1. The van der Waals surface area contributed by atoms with E-state index in [-0.39, 0.29) is 6.04 Å². The first kappa shape index (κ1) is 18.8. The maximum atomic E-state index is 6.23. The van der Waals surface area contributed by atoms with E-state index in [1.54, 1.807) is 0 Å². The van der Waals surface area contributed by atoms with E-state index < -0.39 is 0 Å². The minimum atomic E-state index is 0.208. The van der Waals surface area contributed by atoms with Crippen LogP contribution in [0.4, 0.5) is 11.9 Å². The third-order valence-electron chi connectivity index (χ3n) is 6.74. The van der Waals surface area contributed by atoms with Crippen LogP contribution < -0.4 is 16.0 Å². The molecule has 1 saturated heterocycles. The van der Waals surface area contributed by atoms with Crippen molar-refractivity contribution in [3.05, 3.63) is 41.2 Å². The van der Waals surface area contributed by atoms with Crippen molar-refractivity contribution >= 4 is 11.9 Å². The standard InChI is InChI=1S/C23H32N6/c24-19-11-6-12-29(15-19)23-27-21(16-7-2-1-3-8-16)26-22(28-23)25-20-13-17-9-4-5-10-18(17)14-20/h4-5,9-10,16,19-20H,1-3,6-8,11-15,24H2,(H,25,26,27,28)/t19-/m1/s1. The molecule has 0 bridgehead atoms. The molecule has 0 spiro atoms. The lowest BCUT2D eigenvalue weighted by molar-refractivity contribution is 0.426. The van der Waals surface area contributed by atoms with E-state index in [2.05, 4.69) is 34.5 Å². The highest BCUT2D eigenvalue weighted by atomic mass is 15.3. The molecule has 3 N–H and O–H groups in total. The van der Waals surface area contributed by atoms with Crippen molar-refractivity contribution < 1.29 is 0 Å². The van der Waals surface area contributed by atoms with Gasteiger partial charge in [-0.05, 0) is 49.7 Å². The van der Waals surface area contributed by atoms with E-state index in [1.807, 2.05) is 0 Å². The quantitative estimate of drug-likeness (QED) is 0.830. The lowest BCUT2D eigenvalue weighted by atomic mass is 9.89. The summed E-state index contributed by atoms with van der Waals surface area (Å²) in [5, 5.41) is 3.64. The summed E-state index contributed by atoms with van der Waals surface area (Å²) >= 11 is 0. The van der Waals surface area contributed by atoms with Crippen molar-refractivity contribution in [2.24, 2.45) is 5.73 Å². The molecule has 154 valence electrons.